The van der Waals surface area contributed by atoms with Crippen LogP contribution in [0.3, 0.4) is 0 Å². The van der Waals surface area contributed by atoms with Gasteiger partial charge >= 0.3 is 11.9 Å². The SMILES string of the molecule is CC(=O)O[C@H]1CC[C@]23[C@H](OC(C)=O)O[C@H](C[C@H]4[C@@H]5CC[C@H]([C@@H](C)CCCC(C)C)[C@@]5(C)CC[C@@H]42)[C@@]3(Cl)C1. The van der Waals surface area contributed by atoms with Crippen LogP contribution >= 0.6 is 11.6 Å². The van der Waals surface area contributed by atoms with Crippen LogP contribution in [-0.4, -0.2) is 35.3 Å². The van der Waals surface area contributed by atoms with Crippen LogP contribution in [-0.2, 0) is 23.8 Å². The van der Waals surface area contributed by atoms with Gasteiger partial charge in [-0.3, -0.25) is 9.59 Å². The normalized spacial score (nSPS) is 47.1. The lowest BCUT2D eigenvalue weighted by Crippen LogP contribution is -2.65. The lowest BCUT2D eigenvalue weighted by molar-refractivity contribution is -0.203. The molecule has 4 saturated carbocycles. The maximum absolute atomic E-state index is 12.2. The lowest BCUT2D eigenvalue weighted by Gasteiger charge is -2.62. The second-order valence-corrected chi connectivity index (χ2v) is 14.8. The van der Waals surface area contributed by atoms with Crippen molar-refractivity contribution in [3.63, 3.8) is 0 Å². The quantitative estimate of drug-likeness (QED) is 0.253. The molecule has 5 nitrogen and oxygen atoms in total. The molecule has 37 heavy (non-hydrogen) atoms. The van der Waals surface area contributed by atoms with Crippen LogP contribution in [0.25, 0.3) is 0 Å². The van der Waals surface area contributed by atoms with Crippen molar-refractivity contribution in [2.45, 2.75) is 136 Å². The van der Waals surface area contributed by atoms with Gasteiger partial charge in [0.2, 0.25) is 6.29 Å². The molecule has 5 rings (SSSR count). The summed E-state index contributed by atoms with van der Waals surface area (Å²) in [4.78, 5) is 23.3. The van der Waals surface area contributed by atoms with Crippen LogP contribution in [0.5, 0.6) is 0 Å². The van der Waals surface area contributed by atoms with Gasteiger partial charge in [0.25, 0.3) is 0 Å². The van der Waals surface area contributed by atoms with Crippen molar-refractivity contribution >= 4 is 23.5 Å². The van der Waals surface area contributed by atoms with Gasteiger partial charge in [-0.15, -0.1) is 11.6 Å². The van der Waals surface area contributed by atoms with E-state index in [1.54, 1.807) is 0 Å². The standard InChI is InChI=1S/C31H49ClO5/c1-18(2)8-7-9-19(3)24-10-11-25-23-16-27-31(32)17-22(35-20(4)33)12-15-30(31,28(37-27)36-21(5)34)26(23)13-14-29(24,25)6/h18-19,22-28H,7-17H2,1-6H3/t19-,22-,23-,24+,25-,26-,27+,28+,29+,30+,31-/m0/s1. The highest BCUT2D eigenvalue weighted by Crippen LogP contribution is 2.74. The van der Waals surface area contributed by atoms with Gasteiger partial charge in [0, 0.05) is 20.3 Å². The zero-order valence-corrected chi connectivity index (χ0v) is 24.6. The van der Waals surface area contributed by atoms with E-state index in [2.05, 4.69) is 27.7 Å². The van der Waals surface area contributed by atoms with Crippen molar-refractivity contribution in [1.29, 1.82) is 0 Å². The minimum atomic E-state index is -0.664. The highest BCUT2D eigenvalue weighted by molar-refractivity contribution is 6.25. The first kappa shape index (κ1) is 27.7. The summed E-state index contributed by atoms with van der Waals surface area (Å²) < 4.78 is 18.2. The van der Waals surface area contributed by atoms with E-state index >= 15 is 0 Å². The van der Waals surface area contributed by atoms with Crippen molar-refractivity contribution in [1.82, 2.24) is 0 Å². The van der Waals surface area contributed by atoms with Gasteiger partial charge in [-0.25, -0.2) is 0 Å². The molecule has 5 fully saturated rings. The molecule has 6 heteroatoms. The van der Waals surface area contributed by atoms with E-state index in [0.717, 1.165) is 43.4 Å². The Morgan fingerprint density at radius 1 is 0.973 bits per heavy atom. The summed E-state index contributed by atoms with van der Waals surface area (Å²) in [5.74, 6) is 3.37. The van der Waals surface area contributed by atoms with Crippen molar-refractivity contribution in [3.8, 4) is 0 Å². The summed E-state index contributed by atoms with van der Waals surface area (Å²) in [7, 11) is 0. The molecule has 5 aliphatic rings. The maximum atomic E-state index is 12.2. The molecule has 0 radical (unpaired) electrons. The number of rotatable bonds is 7. The zero-order valence-electron chi connectivity index (χ0n) is 23.9. The van der Waals surface area contributed by atoms with Gasteiger partial charge < -0.3 is 14.2 Å². The Hall–Kier alpha value is -0.810. The third-order valence-corrected chi connectivity index (χ3v) is 12.5. The van der Waals surface area contributed by atoms with Crippen LogP contribution < -0.4 is 0 Å². The van der Waals surface area contributed by atoms with Crippen LogP contribution in [0.1, 0.15) is 112 Å². The molecule has 1 heterocycles. The van der Waals surface area contributed by atoms with E-state index in [1.165, 1.54) is 52.4 Å². The predicted molar refractivity (Wildman–Crippen MR) is 144 cm³/mol. The summed E-state index contributed by atoms with van der Waals surface area (Å²) in [5.41, 5.74) is -0.0422. The van der Waals surface area contributed by atoms with Crippen LogP contribution in [0, 0.1) is 46.3 Å². The third kappa shape index (κ3) is 4.37. The molecule has 2 bridgehead atoms. The predicted octanol–water partition coefficient (Wildman–Crippen LogP) is 7.28. The Labute approximate surface area is 229 Å². The van der Waals surface area contributed by atoms with Crippen molar-refractivity contribution in [3.05, 3.63) is 0 Å². The molecule has 0 aromatic rings. The zero-order chi connectivity index (χ0) is 26.8. The fourth-order valence-electron chi connectivity index (χ4n) is 10.4. The Kier molecular flexibility index (Phi) is 7.49. The Bertz CT molecular complexity index is 891. The highest BCUT2D eigenvalue weighted by Gasteiger charge is 2.77. The Morgan fingerprint density at radius 2 is 1.70 bits per heavy atom. The molecule has 1 aliphatic heterocycles. The van der Waals surface area contributed by atoms with Gasteiger partial charge in [-0.1, -0.05) is 47.0 Å². The lowest BCUT2D eigenvalue weighted by atomic mass is 9.43. The van der Waals surface area contributed by atoms with E-state index in [4.69, 9.17) is 25.8 Å². The first-order valence-corrected chi connectivity index (χ1v) is 15.5. The number of carbonyl (C=O) groups is 2. The average molecular weight is 537 g/mol. The third-order valence-electron chi connectivity index (χ3n) is 11.8. The summed E-state index contributed by atoms with van der Waals surface area (Å²) in [6.45, 7) is 12.7. The summed E-state index contributed by atoms with van der Waals surface area (Å²) in [6, 6.07) is 0. The number of alkyl halides is 1. The van der Waals surface area contributed by atoms with Crippen molar-refractivity contribution in [2.75, 3.05) is 0 Å². The van der Waals surface area contributed by atoms with Gasteiger partial charge in [0.1, 0.15) is 6.10 Å². The van der Waals surface area contributed by atoms with Crippen molar-refractivity contribution < 1.29 is 23.8 Å². The monoisotopic (exact) mass is 536 g/mol. The molecular formula is C31H49ClO5. The number of ether oxygens (including phenoxy) is 3. The smallest absolute Gasteiger partial charge is 0.304 e. The van der Waals surface area contributed by atoms with Gasteiger partial charge in [-0.2, -0.15) is 0 Å². The first-order valence-electron chi connectivity index (χ1n) is 15.1. The summed E-state index contributed by atoms with van der Waals surface area (Å²) in [5, 5.41) is 0. The minimum Gasteiger partial charge on any atom is -0.462 e. The van der Waals surface area contributed by atoms with Crippen molar-refractivity contribution in [2.24, 2.45) is 46.3 Å². The first-order chi connectivity index (χ1) is 17.4. The molecule has 0 unspecified atom stereocenters. The second-order valence-electron chi connectivity index (χ2n) is 14.1. The van der Waals surface area contributed by atoms with E-state index in [-0.39, 0.29) is 24.1 Å². The van der Waals surface area contributed by atoms with E-state index in [0.29, 0.717) is 29.6 Å². The fourth-order valence-corrected chi connectivity index (χ4v) is 11.0. The van der Waals surface area contributed by atoms with E-state index in [1.807, 2.05) is 0 Å². The topological polar surface area (TPSA) is 61.8 Å². The molecule has 0 amide bonds. The van der Waals surface area contributed by atoms with Crippen LogP contribution in [0.4, 0.5) is 0 Å². The number of esters is 2. The molecule has 0 N–H and O–H groups in total. The number of hydrogen-bond acceptors (Lipinski definition) is 5. The minimum absolute atomic E-state index is 0.178. The summed E-state index contributed by atoms with van der Waals surface area (Å²) in [6.07, 6.45) is 11.0. The second kappa shape index (κ2) is 9.98. The van der Waals surface area contributed by atoms with E-state index in [9.17, 15) is 9.59 Å². The Morgan fingerprint density at radius 3 is 2.38 bits per heavy atom. The van der Waals surface area contributed by atoms with Gasteiger partial charge in [0.05, 0.1) is 16.4 Å². The number of fused-ring (bicyclic) bond motifs is 3. The van der Waals surface area contributed by atoms with Gasteiger partial charge in [-0.05, 0) is 85.9 Å². The number of halogens is 1. The van der Waals surface area contributed by atoms with E-state index < -0.39 is 16.6 Å². The fraction of sp³-hybridized carbons (Fsp3) is 0.935. The van der Waals surface area contributed by atoms with Crippen LogP contribution in [0.15, 0.2) is 0 Å². The Balaban J connectivity index is 1.41. The largest absolute Gasteiger partial charge is 0.462 e. The average Bonchev–Trinajstić information content (AvgIpc) is 3.20. The maximum Gasteiger partial charge on any atom is 0.304 e. The van der Waals surface area contributed by atoms with Crippen LogP contribution in [0.2, 0.25) is 0 Å². The number of hydrogen-bond donors (Lipinski definition) is 0. The molecule has 0 aromatic carbocycles. The summed E-state index contributed by atoms with van der Waals surface area (Å²) >= 11 is 7.64. The molecule has 4 aliphatic carbocycles. The molecule has 0 spiro atoms. The van der Waals surface area contributed by atoms with Gasteiger partial charge in [0.15, 0.2) is 0 Å². The molecule has 210 valence electrons. The molecule has 11 atom stereocenters. The molecule has 0 aromatic heterocycles. The molecular weight excluding hydrogens is 488 g/mol. The highest BCUT2D eigenvalue weighted by atomic mass is 35.5. The molecule has 1 saturated heterocycles. The number of carbonyl (C=O) groups excluding carboxylic acids is 2.